The molecule has 0 aliphatic rings. The van der Waals surface area contributed by atoms with Gasteiger partial charge in [0.25, 0.3) is 0 Å². The molecule has 0 amide bonds. The standard InChI is InChI=1S/C7H18FP/c1-7(2,3)9(4,5,6)8/h1-6H3. The molecule has 0 radical (unpaired) electrons. The Morgan fingerprint density at radius 2 is 1.11 bits per heavy atom. The summed E-state index contributed by atoms with van der Waals surface area (Å²) in [6.07, 6.45) is 0. The van der Waals surface area contributed by atoms with E-state index in [-0.39, 0.29) is 5.16 Å². The summed E-state index contributed by atoms with van der Waals surface area (Å²) in [5, 5.41) is -0.161. The molecule has 0 aromatic carbocycles. The van der Waals surface area contributed by atoms with E-state index >= 15 is 0 Å². The molecule has 2 heteroatoms. The van der Waals surface area contributed by atoms with E-state index in [2.05, 4.69) is 0 Å². The van der Waals surface area contributed by atoms with Gasteiger partial charge >= 0.3 is 57.0 Å². The van der Waals surface area contributed by atoms with Crippen LogP contribution in [0.4, 0.5) is 4.20 Å². The molecular formula is C7H18FP. The molecule has 0 saturated heterocycles. The van der Waals surface area contributed by atoms with Crippen molar-refractivity contribution in [3.8, 4) is 0 Å². The summed E-state index contributed by atoms with van der Waals surface area (Å²) >= 11 is 0. The molecule has 0 unspecified atom stereocenters. The van der Waals surface area contributed by atoms with E-state index < -0.39 is 6.91 Å². The molecule has 0 fully saturated rings. The van der Waals surface area contributed by atoms with Gasteiger partial charge in [0.15, 0.2) is 0 Å². The second-order valence-electron chi connectivity index (χ2n) is 4.77. The Morgan fingerprint density at radius 1 is 1.00 bits per heavy atom. The Kier molecular flexibility index (Phi) is 1.76. The number of hydrogen-bond donors (Lipinski definition) is 0. The first kappa shape index (κ1) is 9.36. The molecule has 0 aromatic rings. The van der Waals surface area contributed by atoms with Gasteiger partial charge in [-0.3, -0.25) is 0 Å². The summed E-state index contributed by atoms with van der Waals surface area (Å²) in [6, 6.07) is 0. The normalized spacial score (nSPS) is 18.8. The van der Waals surface area contributed by atoms with Gasteiger partial charge in [0.05, 0.1) is 0 Å². The van der Waals surface area contributed by atoms with Gasteiger partial charge in [-0.15, -0.1) is 0 Å². The van der Waals surface area contributed by atoms with Crippen LogP contribution in [0.5, 0.6) is 0 Å². The van der Waals surface area contributed by atoms with Crippen molar-refractivity contribution in [2.45, 2.75) is 25.9 Å². The van der Waals surface area contributed by atoms with Crippen LogP contribution < -0.4 is 0 Å². The van der Waals surface area contributed by atoms with Crippen LogP contribution in [0, 0.1) is 0 Å². The first-order chi connectivity index (χ1) is 3.51. The minimum absolute atomic E-state index is 0.161. The van der Waals surface area contributed by atoms with Crippen LogP contribution in [0.25, 0.3) is 0 Å². The summed E-state index contributed by atoms with van der Waals surface area (Å²) in [4.78, 5) is 0. The van der Waals surface area contributed by atoms with Crippen LogP contribution in [0.3, 0.4) is 0 Å². The van der Waals surface area contributed by atoms with Crippen molar-refractivity contribution in [2.24, 2.45) is 0 Å². The van der Waals surface area contributed by atoms with Crippen LogP contribution >= 0.6 is 6.91 Å². The Hall–Kier alpha value is 0.360. The molecule has 9 heavy (non-hydrogen) atoms. The summed E-state index contributed by atoms with van der Waals surface area (Å²) in [5.41, 5.74) is 0. The third-order valence-corrected chi connectivity index (χ3v) is 6.80. The molecule has 0 nitrogen and oxygen atoms in total. The second kappa shape index (κ2) is 1.69. The van der Waals surface area contributed by atoms with Crippen molar-refractivity contribution in [2.75, 3.05) is 20.0 Å². The molecule has 0 atom stereocenters. The van der Waals surface area contributed by atoms with E-state index in [1.165, 1.54) is 0 Å². The third-order valence-electron chi connectivity index (χ3n) is 2.27. The van der Waals surface area contributed by atoms with Crippen molar-refractivity contribution < 1.29 is 4.20 Å². The van der Waals surface area contributed by atoms with E-state index in [0.717, 1.165) is 0 Å². The van der Waals surface area contributed by atoms with Gasteiger partial charge in [-0.2, -0.15) is 0 Å². The van der Waals surface area contributed by atoms with Gasteiger partial charge in [0, 0.05) is 0 Å². The fraction of sp³-hybridized carbons (Fsp3) is 1.00. The summed E-state index contributed by atoms with van der Waals surface area (Å²) in [7, 11) is 0. The Labute approximate surface area is 57.9 Å². The maximum absolute atomic E-state index is 13.7. The average Bonchev–Trinajstić information content (AvgIpc) is 1.20. The Morgan fingerprint density at radius 3 is 1.11 bits per heavy atom. The van der Waals surface area contributed by atoms with Crippen LogP contribution in [-0.4, -0.2) is 25.2 Å². The predicted molar refractivity (Wildman–Crippen MR) is 45.6 cm³/mol. The van der Waals surface area contributed by atoms with Gasteiger partial charge in [-0.05, 0) is 0 Å². The van der Waals surface area contributed by atoms with Gasteiger partial charge in [0.1, 0.15) is 0 Å². The molecule has 0 aromatic heterocycles. The molecule has 0 aliphatic carbocycles. The molecule has 58 valence electrons. The van der Waals surface area contributed by atoms with E-state index in [0.29, 0.717) is 0 Å². The number of hydrogen-bond acceptors (Lipinski definition) is 0. The van der Waals surface area contributed by atoms with Crippen molar-refractivity contribution in [3.05, 3.63) is 0 Å². The van der Waals surface area contributed by atoms with Gasteiger partial charge in [-0.25, -0.2) is 0 Å². The van der Waals surface area contributed by atoms with Gasteiger partial charge < -0.3 is 0 Å². The van der Waals surface area contributed by atoms with Crippen molar-refractivity contribution in [1.29, 1.82) is 0 Å². The molecule has 0 spiro atoms. The molecule has 0 rings (SSSR count). The first-order valence-corrected chi connectivity index (χ1v) is 6.70. The molecule has 0 saturated carbocycles. The summed E-state index contributed by atoms with van der Waals surface area (Å²) in [5.74, 6) is 0. The van der Waals surface area contributed by atoms with E-state index in [1.807, 2.05) is 20.8 Å². The topological polar surface area (TPSA) is 0 Å². The zero-order chi connectivity index (χ0) is 7.95. The number of halogens is 1. The SMILES string of the molecule is CC(C)(C)P(C)(C)(C)F. The summed E-state index contributed by atoms with van der Waals surface area (Å²) in [6.45, 7) is 8.34. The van der Waals surface area contributed by atoms with Crippen LogP contribution in [0.1, 0.15) is 20.8 Å². The third kappa shape index (κ3) is 2.21. The maximum atomic E-state index is 13.7. The Balaban J connectivity index is 4.56. The molecular weight excluding hydrogens is 134 g/mol. The van der Waals surface area contributed by atoms with Crippen molar-refractivity contribution >= 4 is 6.91 Å². The van der Waals surface area contributed by atoms with Crippen LogP contribution in [0.15, 0.2) is 0 Å². The zero-order valence-corrected chi connectivity index (χ0v) is 8.22. The van der Waals surface area contributed by atoms with Gasteiger partial charge in [-0.1, -0.05) is 0 Å². The molecule has 0 bridgehead atoms. The Bertz CT molecular complexity index is 104. The number of rotatable bonds is 0. The quantitative estimate of drug-likeness (QED) is 0.468. The predicted octanol–water partition coefficient (Wildman–Crippen LogP) is 3.11. The monoisotopic (exact) mass is 152 g/mol. The minimum atomic E-state index is -2.81. The first-order valence-electron chi connectivity index (χ1n) is 3.23. The fourth-order valence-corrected chi connectivity index (χ4v) is 0. The average molecular weight is 152 g/mol. The van der Waals surface area contributed by atoms with Crippen molar-refractivity contribution in [1.82, 2.24) is 0 Å². The summed E-state index contributed by atoms with van der Waals surface area (Å²) < 4.78 is 13.7. The van der Waals surface area contributed by atoms with E-state index in [1.54, 1.807) is 20.0 Å². The molecule has 0 N–H and O–H groups in total. The van der Waals surface area contributed by atoms with E-state index in [4.69, 9.17) is 0 Å². The zero-order valence-electron chi connectivity index (χ0n) is 7.33. The van der Waals surface area contributed by atoms with Crippen LogP contribution in [0.2, 0.25) is 0 Å². The van der Waals surface area contributed by atoms with E-state index in [9.17, 15) is 4.20 Å². The molecule has 0 heterocycles. The van der Waals surface area contributed by atoms with Crippen molar-refractivity contribution in [3.63, 3.8) is 0 Å². The fourth-order valence-electron chi connectivity index (χ4n) is 0. The second-order valence-corrected chi connectivity index (χ2v) is 11.3. The molecule has 0 aliphatic heterocycles. The van der Waals surface area contributed by atoms with Crippen LogP contribution in [-0.2, 0) is 0 Å². The van der Waals surface area contributed by atoms with Gasteiger partial charge in [0.2, 0.25) is 0 Å².